The number of nitrogens with zero attached hydrogens (tertiary/aromatic N) is 2. The average molecular weight is 366 g/mol. The molecule has 1 aromatic heterocycles. The Morgan fingerprint density at radius 1 is 0.926 bits per heavy atom. The van der Waals surface area contributed by atoms with Gasteiger partial charge in [0.2, 0.25) is 0 Å². The molecule has 4 rings (SSSR count). The van der Waals surface area contributed by atoms with E-state index in [1.165, 1.54) is 19.6 Å². The highest BCUT2D eigenvalue weighted by Crippen LogP contribution is 2.36. The zero-order valence-corrected chi connectivity index (χ0v) is 15.5. The number of esters is 1. The molecule has 140 valence electrons. The summed E-state index contributed by atoms with van der Waals surface area (Å²) in [6.07, 6.45) is 1.40. The lowest BCUT2D eigenvalue weighted by atomic mass is 10.0. The van der Waals surface area contributed by atoms with Gasteiger partial charge < -0.3 is 18.9 Å². The summed E-state index contributed by atoms with van der Waals surface area (Å²) in [6.45, 7) is 1.31. The number of amides is 1. The Morgan fingerprint density at radius 3 is 2.33 bits per heavy atom. The zero-order valence-electron chi connectivity index (χ0n) is 15.5. The Labute approximate surface area is 157 Å². The molecule has 3 aromatic rings. The predicted octanol–water partition coefficient (Wildman–Crippen LogP) is 3.98. The Hall–Kier alpha value is -3.02. The fourth-order valence-electron chi connectivity index (χ4n) is 4.07. The Kier molecular flexibility index (Phi) is 4.48. The van der Waals surface area contributed by atoms with E-state index in [0.717, 1.165) is 29.3 Å². The lowest BCUT2D eigenvalue weighted by molar-refractivity contribution is 0.0600. The molecule has 0 bridgehead atoms. The molecule has 1 aliphatic rings. The van der Waals surface area contributed by atoms with E-state index in [-0.39, 0.29) is 18.1 Å². The van der Waals surface area contributed by atoms with E-state index < -0.39 is 0 Å². The van der Waals surface area contributed by atoms with Crippen molar-refractivity contribution in [1.29, 1.82) is 0 Å². The van der Waals surface area contributed by atoms with Crippen molar-refractivity contribution >= 4 is 33.9 Å². The Morgan fingerprint density at radius 2 is 1.63 bits per heavy atom. The third-order valence-electron chi connectivity index (χ3n) is 5.39. The number of hydrogen-bond acceptors (Lipinski definition) is 4. The lowest BCUT2D eigenvalue weighted by Gasteiger charge is -2.32. The second-order valence-electron chi connectivity index (χ2n) is 6.80. The Bertz CT molecular complexity index is 1020. The maximum absolute atomic E-state index is 12.0. The van der Waals surface area contributed by atoms with Gasteiger partial charge in [-0.15, -0.1) is 0 Å². The number of benzene rings is 2. The van der Waals surface area contributed by atoms with Crippen molar-refractivity contribution in [2.75, 3.05) is 27.3 Å². The molecule has 1 fully saturated rings. The summed E-state index contributed by atoms with van der Waals surface area (Å²) in [5, 5.41) is 2.29. The minimum atomic E-state index is -0.339. The van der Waals surface area contributed by atoms with E-state index in [4.69, 9.17) is 9.47 Å². The number of carbonyl (C=O) groups excluding carboxylic acids is 2. The van der Waals surface area contributed by atoms with Gasteiger partial charge in [-0.2, -0.15) is 0 Å². The monoisotopic (exact) mass is 366 g/mol. The molecule has 1 aliphatic heterocycles. The van der Waals surface area contributed by atoms with Gasteiger partial charge in [0.15, 0.2) is 0 Å². The minimum absolute atomic E-state index is 0.251. The second kappa shape index (κ2) is 6.95. The molecule has 0 spiro atoms. The summed E-state index contributed by atoms with van der Waals surface area (Å²) >= 11 is 0. The highest BCUT2D eigenvalue weighted by atomic mass is 16.5. The van der Waals surface area contributed by atoms with Crippen LogP contribution in [0, 0.1) is 0 Å². The molecular weight excluding hydrogens is 344 g/mol. The van der Waals surface area contributed by atoms with Crippen LogP contribution in [-0.2, 0) is 9.47 Å². The van der Waals surface area contributed by atoms with Crippen LogP contribution >= 0.6 is 0 Å². The molecule has 6 nitrogen and oxygen atoms in total. The fraction of sp³-hybridized carbons (Fsp3) is 0.333. The van der Waals surface area contributed by atoms with Gasteiger partial charge in [-0.05, 0) is 31.0 Å². The smallest absolute Gasteiger partial charge is 0.409 e. The van der Waals surface area contributed by atoms with Crippen LogP contribution in [0.3, 0.4) is 0 Å². The number of hydrogen-bond donors (Lipinski definition) is 0. The number of likely N-dealkylation sites (tertiary alicyclic amines) is 1. The number of ether oxygens (including phenoxy) is 2. The summed E-state index contributed by atoms with van der Waals surface area (Å²) in [7, 11) is 2.81. The molecule has 0 saturated carbocycles. The second-order valence-corrected chi connectivity index (χ2v) is 6.80. The number of aromatic nitrogens is 1. The topological polar surface area (TPSA) is 60.8 Å². The van der Waals surface area contributed by atoms with Crippen molar-refractivity contribution in [3.63, 3.8) is 0 Å². The average Bonchev–Trinajstić information content (AvgIpc) is 3.06. The fourth-order valence-corrected chi connectivity index (χ4v) is 4.07. The molecule has 1 saturated heterocycles. The molecule has 2 aromatic carbocycles. The van der Waals surface area contributed by atoms with Gasteiger partial charge in [0, 0.05) is 35.4 Å². The number of methoxy groups -OCH3 is 2. The number of piperidine rings is 1. The molecule has 2 heterocycles. The third kappa shape index (κ3) is 2.91. The van der Waals surface area contributed by atoms with E-state index in [2.05, 4.69) is 16.7 Å². The van der Waals surface area contributed by atoms with Crippen LogP contribution in [0.5, 0.6) is 0 Å². The summed E-state index contributed by atoms with van der Waals surface area (Å²) in [6, 6.07) is 14.2. The van der Waals surface area contributed by atoms with Gasteiger partial charge >= 0.3 is 12.1 Å². The number of rotatable bonds is 2. The minimum Gasteiger partial charge on any atom is -0.465 e. The zero-order chi connectivity index (χ0) is 19.0. The van der Waals surface area contributed by atoms with E-state index in [0.29, 0.717) is 18.7 Å². The largest absolute Gasteiger partial charge is 0.465 e. The van der Waals surface area contributed by atoms with Crippen LogP contribution in [0.15, 0.2) is 42.5 Å². The van der Waals surface area contributed by atoms with Crippen molar-refractivity contribution < 1.29 is 19.1 Å². The first-order valence-corrected chi connectivity index (χ1v) is 9.08. The molecule has 0 unspecified atom stereocenters. The molecule has 0 N–H and O–H groups in total. The third-order valence-corrected chi connectivity index (χ3v) is 5.39. The van der Waals surface area contributed by atoms with Crippen molar-refractivity contribution in [3.8, 4) is 0 Å². The maximum atomic E-state index is 12.0. The van der Waals surface area contributed by atoms with Crippen molar-refractivity contribution in [1.82, 2.24) is 9.47 Å². The molecule has 0 radical (unpaired) electrons. The highest BCUT2D eigenvalue weighted by molar-refractivity contribution is 6.09. The van der Waals surface area contributed by atoms with Crippen molar-refractivity contribution in [2.24, 2.45) is 0 Å². The van der Waals surface area contributed by atoms with Crippen molar-refractivity contribution in [2.45, 2.75) is 18.9 Å². The van der Waals surface area contributed by atoms with E-state index in [1.807, 2.05) is 30.3 Å². The standard InChI is InChI=1S/C21H22N2O4/c1-26-20(24)14-7-8-17-16-5-3-4-6-18(16)23(19(17)13-14)15-9-11-22(12-10-15)21(25)27-2/h3-8,13,15H,9-12H2,1-2H3. The van der Waals surface area contributed by atoms with Crippen LogP contribution in [0.2, 0.25) is 0 Å². The molecular formula is C21H22N2O4. The van der Waals surface area contributed by atoms with Gasteiger partial charge in [-0.25, -0.2) is 9.59 Å². The van der Waals surface area contributed by atoms with Crippen LogP contribution in [0.25, 0.3) is 21.8 Å². The van der Waals surface area contributed by atoms with Crippen LogP contribution in [0.1, 0.15) is 29.2 Å². The van der Waals surface area contributed by atoms with Crippen LogP contribution in [-0.4, -0.2) is 48.8 Å². The van der Waals surface area contributed by atoms with E-state index >= 15 is 0 Å². The quantitative estimate of drug-likeness (QED) is 0.644. The normalized spacial score (nSPS) is 15.3. The first kappa shape index (κ1) is 17.4. The van der Waals surface area contributed by atoms with Gasteiger partial charge in [-0.1, -0.05) is 24.3 Å². The summed E-state index contributed by atoms with van der Waals surface area (Å²) < 4.78 is 12.0. The van der Waals surface area contributed by atoms with E-state index in [9.17, 15) is 9.59 Å². The summed E-state index contributed by atoms with van der Waals surface area (Å²) in [5.41, 5.74) is 2.71. The molecule has 27 heavy (non-hydrogen) atoms. The number of para-hydroxylation sites is 1. The molecule has 0 atom stereocenters. The van der Waals surface area contributed by atoms with Gasteiger partial charge in [0.05, 0.1) is 25.3 Å². The Balaban J connectivity index is 1.80. The van der Waals surface area contributed by atoms with Gasteiger partial charge in [-0.3, -0.25) is 0 Å². The van der Waals surface area contributed by atoms with E-state index in [1.54, 1.807) is 4.90 Å². The summed E-state index contributed by atoms with van der Waals surface area (Å²) in [4.78, 5) is 25.5. The first-order valence-electron chi connectivity index (χ1n) is 9.08. The van der Waals surface area contributed by atoms with Crippen molar-refractivity contribution in [3.05, 3.63) is 48.0 Å². The maximum Gasteiger partial charge on any atom is 0.409 e. The molecule has 1 amide bonds. The highest BCUT2D eigenvalue weighted by Gasteiger charge is 2.26. The van der Waals surface area contributed by atoms with Gasteiger partial charge in [0.1, 0.15) is 0 Å². The number of fused-ring (bicyclic) bond motifs is 3. The van der Waals surface area contributed by atoms with Crippen LogP contribution in [0.4, 0.5) is 4.79 Å². The molecule has 6 heteroatoms. The lowest BCUT2D eigenvalue weighted by Crippen LogP contribution is -2.38. The summed E-state index contributed by atoms with van der Waals surface area (Å²) in [5.74, 6) is -0.339. The predicted molar refractivity (Wildman–Crippen MR) is 103 cm³/mol. The SMILES string of the molecule is COC(=O)c1ccc2c3ccccc3n(C3CCN(C(=O)OC)CC3)c2c1. The molecule has 0 aliphatic carbocycles. The number of carbonyl (C=O) groups is 2. The van der Waals surface area contributed by atoms with Crippen LogP contribution < -0.4 is 0 Å². The van der Waals surface area contributed by atoms with Gasteiger partial charge in [0.25, 0.3) is 0 Å². The first-order chi connectivity index (χ1) is 13.1.